The molecule has 4 aromatic rings. The van der Waals surface area contributed by atoms with Gasteiger partial charge in [0.1, 0.15) is 6.33 Å². The summed E-state index contributed by atoms with van der Waals surface area (Å²) in [5.41, 5.74) is 4.37. The zero-order chi connectivity index (χ0) is 23.7. The van der Waals surface area contributed by atoms with E-state index in [-0.39, 0.29) is 12.2 Å². The molecule has 12 heteroatoms. The van der Waals surface area contributed by atoms with Gasteiger partial charge in [0, 0.05) is 25.5 Å². The van der Waals surface area contributed by atoms with Crippen LogP contribution in [0.4, 0.5) is 16.3 Å². The van der Waals surface area contributed by atoms with Crippen LogP contribution in [0.2, 0.25) is 0 Å². The highest BCUT2D eigenvalue weighted by atomic mass is 16.6. The molecule has 0 fully saturated rings. The van der Waals surface area contributed by atoms with E-state index >= 15 is 0 Å². The van der Waals surface area contributed by atoms with Crippen molar-refractivity contribution in [3.05, 3.63) is 54.5 Å². The van der Waals surface area contributed by atoms with Crippen molar-refractivity contribution in [2.45, 2.75) is 33.3 Å². The topological polar surface area (TPSA) is 128 Å². The number of fused-ring (bicyclic) bond motifs is 1. The van der Waals surface area contributed by atoms with E-state index in [1.807, 2.05) is 55.8 Å². The SMILES string of the molecule is Cc1nc(-n2cnnn2)ccc1Nc1nccn2c(C3=CCN(C(=O)OC(C)C)CC3)cnc12. The molecule has 0 bridgehead atoms. The second-order valence-electron chi connectivity index (χ2n) is 8.15. The van der Waals surface area contributed by atoms with E-state index in [1.54, 1.807) is 11.1 Å². The molecule has 34 heavy (non-hydrogen) atoms. The van der Waals surface area contributed by atoms with Gasteiger partial charge in [-0.05, 0) is 55.3 Å². The van der Waals surface area contributed by atoms with Crippen LogP contribution in [0.5, 0.6) is 0 Å². The highest BCUT2D eigenvalue weighted by molar-refractivity contribution is 5.76. The van der Waals surface area contributed by atoms with Crippen LogP contribution >= 0.6 is 0 Å². The van der Waals surface area contributed by atoms with E-state index in [0.717, 1.165) is 22.6 Å². The summed E-state index contributed by atoms with van der Waals surface area (Å²) < 4.78 is 8.80. The zero-order valence-corrected chi connectivity index (χ0v) is 19.1. The maximum absolute atomic E-state index is 12.2. The monoisotopic (exact) mass is 460 g/mol. The van der Waals surface area contributed by atoms with Crippen molar-refractivity contribution < 1.29 is 9.53 Å². The molecule has 0 unspecified atom stereocenters. The summed E-state index contributed by atoms with van der Waals surface area (Å²) in [7, 11) is 0. The van der Waals surface area contributed by atoms with E-state index in [1.165, 1.54) is 11.0 Å². The number of imidazole rings is 1. The first-order valence-corrected chi connectivity index (χ1v) is 10.9. The Kier molecular flexibility index (Phi) is 5.62. The Morgan fingerprint density at radius 3 is 2.82 bits per heavy atom. The summed E-state index contributed by atoms with van der Waals surface area (Å²) in [5.74, 6) is 1.24. The number of amides is 1. The highest BCUT2D eigenvalue weighted by Gasteiger charge is 2.22. The molecule has 1 aliphatic heterocycles. The average Bonchev–Trinajstić information content (AvgIpc) is 3.51. The van der Waals surface area contributed by atoms with E-state index < -0.39 is 0 Å². The van der Waals surface area contributed by atoms with E-state index in [2.05, 4.69) is 35.8 Å². The molecule has 4 aromatic heterocycles. The number of nitrogens with one attached hydrogen (secondary N) is 1. The number of rotatable bonds is 5. The van der Waals surface area contributed by atoms with Crippen molar-refractivity contribution in [1.29, 1.82) is 0 Å². The van der Waals surface area contributed by atoms with Crippen LogP contribution in [-0.4, -0.2) is 69.7 Å². The van der Waals surface area contributed by atoms with Crippen molar-refractivity contribution in [2.75, 3.05) is 18.4 Å². The highest BCUT2D eigenvalue weighted by Crippen LogP contribution is 2.27. The molecule has 12 nitrogen and oxygen atoms in total. The molecular weight excluding hydrogens is 436 g/mol. The van der Waals surface area contributed by atoms with Gasteiger partial charge in [-0.3, -0.25) is 4.40 Å². The quantitative estimate of drug-likeness (QED) is 0.478. The number of hydrogen-bond acceptors (Lipinski definition) is 9. The van der Waals surface area contributed by atoms with Crippen LogP contribution in [0.3, 0.4) is 0 Å². The Balaban J connectivity index is 1.37. The van der Waals surface area contributed by atoms with Crippen LogP contribution in [0.25, 0.3) is 17.0 Å². The fourth-order valence-electron chi connectivity index (χ4n) is 3.79. The van der Waals surface area contributed by atoms with Crippen LogP contribution in [0.15, 0.2) is 43.1 Å². The Bertz CT molecular complexity index is 1360. The minimum Gasteiger partial charge on any atom is -0.447 e. The van der Waals surface area contributed by atoms with Crippen LogP contribution in [0.1, 0.15) is 31.7 Å². The molecule has 5 rings (SSSR count). The Labute approximate surface area is 195 Å². The molecule has 0 aliphatic carbocycles. The molecule has 174 valence electrons. The van der Waals surface area contributed by atoms with E-state index in [0.29, 0.717) is 36.8 Å². The van der Waals surface area contributed by atoms with E-state index in [9.17, 15) is 4.79 Å². The van der Waals surface area contributed by atoms with E-state index in [4.69, 9.17) is 4.74 Å². The van der Waals surface area contributed by atoms with Gasteiger partial charge >= 0.3 is 6.09 Å². The fourth-order valence-corrected chi connectivity index (χ4v) is 3.79. The number of aromatic nitrogens is 8. The Morgan fingerprint density at radius 1 is 1.24 bits per heavy atom. The van der Waals surface area contributed by atoms with Gasteiger partial charge in [0.25, 0.3) is 0 Å². The largest absolute Gasteiger partial charge is 0.447 e. The fraction of sp³-hybridized carbons (Fsp3) is 0.318. The van der Waals surface area contributed by atoms with Gasteiger partial charge in [-0.25, -0.2) is 19.7 Å². The lowest BCUT2D eigenvalue weighted by Gasteiger charge is -2.26. The molecule has 1 N–H and O–H groups in total. The third kappa shape index (κ3) is 4.17. The molecule has 0 spiro atoms. The maximum Gasteiger partial charge on any atom is 0.410 e. The van der Waals surface area contributed by atoms with Crippen molar-refractivity contribution >= 4 is 28.8 Å². The summed E-state index contributed by atoms with van der Waals surface area (Å²) in [4.78, 5) is 27.5. The van der Waals surface area contributed by atoms with Crippen LogP contribution in [0, 0.1) is 6.92 Å². The van der Waals surface area contributed by atoms with Crippen molar-refractivity contribution in [2.24, 2.45) is 0 Å². The molecule has 5 heterocycles. The predicted octanol–water partition coefficient (Wildman–Crippen LogP) is 2.79. The number of carbonyl (C=O) groups excluding carboxylic acids is 1. The van der Waals surface area contributed by atoms with Gasteiger partial charge in [-0.1, -0.05) is 6.08 Å². The number of aryl methyl sites for hydroxylation is 1. The lowest BCUT2D eigenvalue weighted by molar-refractivity contribution is 0.0799. The third-order valence-corrected chi connectivity index (χ3v) is 5.47. The molecule has 0 saturated heterocycles. The summed E-state index contributed by atoms with van der Waals surface area (Å²) in [6, 6.07) is 3.73. The maximum atomic E-state index is 12.2. The molecule has 0 saturated carbocycles. The summed E-state index contributed by atoms with van der Waals surface area (Å²) in [6.45, 7) is 6.70. The second kappa shape index (κ2) is 8.89. The van der Waals surface area contributed by atoms with Gasteiger partial charge < -0.3 is 15.0 Å². The number of pyridine rings is 1. The number of ether oxygens (including phenoxy) is 1. The molecule has 0 radical (unpaired) electrons. The second-order valence-corrected chi connectivity index (χ2v) is 8.15. The molecule has 0 atom stereocenters. The number of anilines is 2. The van der Waals surface area contributed by atoms with Gasteiger partial charge in [0.15, 0.2) is 17.3 Å². The lowest BCUT2D eigenvalue weighted by Crippen LogP contribution is -2.36. The van der Waals surface area contributed by atoms with Crippen LogP contribution in [-0.2, 0) is 4.74 Å². The first-order chi connectivity index (χ1) is 16.5. The summed E-state index contributed by atoms with van der Waals surface area (Å²) in [5, 5.41) is 14.5. The Morgan fingerprint density at radius 2 is 2.12 bits per heavy atom. The normalized spacial score (nSPS) is 13.9. The molecule has 0 aromatic carbocycles. The van der Waals surface area contributed by atoms with Gasteiger partial charge in [-0.15, -0.1) is 5.10 Å². The first-order valence-electron chi connectivity index (χ1n) is 10.9. The summed E-state index contributed by atoms with van der Waals surface area (Å²) >= 11 is 0. The van der Waals surface area contributed by atoms with Crippen molar-refractivity contribution in [3.63, 3.8) is 0 Å². The van der Waals surface area contributed by atoms with Gasteiger partial charge in [0.05, 0.1) is 29.4 Å². The number of carbonyl (C=O) groups is 1. The van der Waals surface area contributed by atoms with Gasteiger partial charge in [0.2, 0.25) is 0 Å². The number of hydrogen-bond donors (Lipinski definition) is 1. The Hall–Kier alpha value is -4.35. The van der Waals surface area contributed by atoms with Crippen molar-refractivity contribution in [1.82, 2.24) is 44.5 Å². The minimum absolute atomic E-state index is 0.135. The molecule has 1 amide bonds. The number of tetrazole rings is 1. The average molecular weight is 461 g/mol. The van der Waals surface area contributed by atoms with Crippen molar-refractivity contribution in [3.8, 4) is 5.82 Å². The van der Waals surface area contributed by atoms with Crippen LogP contribution < -0.4 is 5.32 Å². The summed E-state index contributed by atoms with van der Waals surface area (Å²) in [6.07, 6.45) is 9.29. The standard InChI is InChI=1S/C22H24N10O2/c1-14(2)34-22(33)30-9-6-16(7-10-30)18-12-24-21-20(23-8-11-31(18)21)27-17-4-5-19(26-15(17)3)32-13-25-28-29-32/h4-6,8,11-14H,7,9-10H2,1-3H3,(H,23,27). The van der Waals surface area contributed by atoms with Gasteiger partial charge in [-0.2, -0.15) is 4.68 Å². The first kappa shape index (κ1) is 21.5. The minimum atomic E-state index is -0.283. The molecular formula is C22H24N10O2. The zero-order valence-electron chi connectivity index (χ0n) is 19.1. The third-order valence-electron chi connectivity index (χ3n) is 5.47. The predicted molar refractivity (Wildman–Crippen MR) is 124 cm³/mol. The smallest absolute Gasteiger partial charge is 0.410 e. The molecule has 1 aliphatic rings. The number of nitrogens with zero attached hydrogens (tertiary/aromatic N) is 9. The lowest BCUT2D eigenvalue weighted by atomic mass is 10.1.